The average molecular weight is 1020 g/mol. The number of Topliss-reactive ketones (excluding diaryl/α,β-unsaturated/α-hetero) is 2. The van der Waals surface area contributed by atoms with Crippen molar-refractivity contribution in [1.82, 2.24) is 0 Å². The van der Waals surface area contributed by atoms with E-state index in [1.165, 1.54) is 44.5 Å². The monoisotopic (exact) mass is 1020 g/mol. The van der Waals surface area contributed by atoms with Gasteiger partial charge in [-0.3, -0.25) is 28.8 Å². The topological polar surface area (TPSA) is 150 Å². The van der Waals surface area contributed by atoms with Crippen molar-refractivity contribution in [2.24, 2.45) is 10.8 Å². The standard InChI is InChI=1S/C34H42O5.C31H38O5/c1-2-24-38-33(37)34(21-12-13-22-34)23-20-26(35)14-6-4-3-5-7-19-32(36)39-25-31-29-17-10-8-15-27(29)28-16-9-11-18-30(28)31;32-23(18-21-31(30(34)35)19-10-11-20-31)12-4-2-1-3-5-17-29(33)36-22-28-26-15-8-6-13-24(26)25-14-7-9-16-27(25)28/h2,8-11,15-18,31H,1,3-7,12-14,19-25H2;6-9,13-16,28H,1-5,10-12,17-22H2,(H,34,35). The van der Waals surface area contributed by atoms with Gasteiger partial charge in [-0.2, -0.15) is 0 Å². The number of ketones is 2. The fourth-order valence-corrected chi connectivity index (χ4v) is 12.1. The van der Waals surface area contributed by atoms with Gasteiger partial charge in [-0.15, -0.1) is 0 Å². The van der Waals surface area contributed by atoms with Crippen LogP contribution < -0.4 is 0 Å². The summed E-state index contributed by atoms with van der Waals surface area (Å²) in [6.45, 7) is 4.59. The molecule has 4 aromatic carbocycles. The number of ether oxygens (including phenoxy) is 3. The van der Waals surface area contributed by atoms with Gasteiger partial charge in [0.05, 0.1) is 10.8 Å². The number of carbonyl (C=O) groups is 6. The zero-order chi connectivity index (χ0) is 52.9. The van der Waals surface area contributed by atoms with Crippen molar-refractivity contribution in [3.05, 3.63) is 132 Å². The third-order valence-electron chi connectivity index (χ3n) is 16.5. The van der Waals surface area contributed by atoms with Crippen LogP contribution in [0.1, 0.15) is 201 Å². The lowest BCUT2D eigenvalue weighted by Gasteiger charge is -2.26. The number of carboxylic acid groups (broad SMARTS) is 1. The molecule has 0 amide bonds. The molecule has 75 heavy (non-hydrogen) atoms. The fraction of sp³-hybridized carbons (Fsp3) is 0.508. The van der Waals surface area contributed by atoms with Crippen molar-refractivity contribution in [3.63, 3.8) is 0 Å². The van der Waals surface area contributed by atoms with E-state index < -0.39 is 16.8 Å². The van der Waals surface area contributed by atoms with E-state index in [0.29, 0.717) is 77.4 Å². The van der Waals surface area contributed by atoms with Gasteiger partial charge >= 0.3 is 23.9 Å². The molecule has 0 aromatic heterocycles. The molecule has 0 bridgehead atoms. The van der Waals surface area contributed by atoms with E-state index in [2.05, 4.69) is 67.2 Å². The number of rotatable bonds is 30. The van der Waals surface area contributed by atoms with E-state index >= 15 is 0 Å². The number of hydrogen-bond acceptors (Lipinski definition) is 9. The van der Waals surface area contributed by atoms with Crippen molar-refractivity contribution in [1.29, 1.82) is 0 Å². The summed E-state index contributed by atoms with van der Waals surface area (Å²) in [4.78, 5) is 73.6. The van der Waals surface area contributed by atoms with E-state index in [1.807, 2.05) is 36.4 Å². The Morgan fingerprint density at radius 1 is 0.453 bits per heavy atom. The van der Waals surface area contributed by atoms with Crippen molar-refractivity contribution >= 4 is 35.4 Å². The highest BCUT2D eigenvalue weighted by Crippen LogP contribution is 2.47. The molecule has 4 aliphatic carbocycles. The van der Waals surface area contributed by atoms with Gasteiger partial charge < -0.3 is 19.3 Å². The molecule has 0 atom stereocenters. The van der Waals surface area contributed by atoms with Gasteiger partial charge in [0.2, 0.25) is 0 Å². The molecule has 0 radical (unpaired) electrons. The third kappa shape index (κ3) is 15.5. The number of carbonyl (C=O) groups excluding carboxylic acids is 5. The zero-order valence-electron chi connectivity index (χ0n) is 44.3. The average Bonchev–Trinajstić information content (AvgIpc) is 4.25. The minimum Gasteiger partial charge on any atom is -0.481 e. The van der Waals surface area contributed by atoms with E-state index in [4.69, 9.17) is 14.2 Å². The van der Waals surface area contributed by atoms with Crippen LogP contribution in [0, 0.1) is 10.8 Å². The molecule has 0 saturated heterocycles. The molecular weight excluding hydrogens is 941 g/mol. The summed E-state index contributed by atoms with van der Waals surface area (Å²) in [5.41, 5.74) is 8.70. The quantitative estimate of drug-likeness (QED) is 0.0231. The number of unbranched alkanes of at least 4 members (excludes halogenated alkanes) is 8. The number of fused-ring (bicyclic) bond motifs is 6. The van der Waals surface area contributed by atoms with Crippen LogP contribution >= 0.6 is 0 Å². The molecule has 1 N–H and O–H groups in total. The van der Waals surface area contributed by atoms with Crippen molar-refractivity contribution in [2.75, 3.05) is 19.8 Å². The normalized spacial score (nSPS) is 15.6. The molecule has 0 unspecified atom stereocenters. The van der Waals surface area contributed by atoms with Crippen molar-refractivity contribution < 1.29 is 48.1 Å². The van der Waals surface area contributed by atoms with E-state index in [0.717, 1.165) is 103 Å². The largest absolute Gasteiger partial charge is 0.481 e. The molecule has 4 aromatic rings. The summed E-state index contributed by atoms with van der Waals surface area (Å²) in [5, 5.41) is 9.54. The van der Waals surface area contributed by atoms with Gasteiger partial charge in [0, 0.05) is 50.4 Å². The molecule has 10 heteroatoms. The Kier molecular flexibility index (Phi) is 21.6. The predicted octanol–water partition coefficient (Wildman–Crippen LogP) is 14.8. The predicted molar refractivity (Wildman–Crippen MR) is 293 cm³/mol. The van der Waals surface area contributed by atoms with Crippen LogP contribution in [0.25, 0.3) is 22.3 Å². The Hall–Kier alpha value is -6.16. The van der Waals surface area contributed by atoms with E-state index in [1.54, 1.807) is 6.08 Å². The molecule has 0 heterocycles. The van der Waals surface area contributed by atoms with Crippen LogP contribution in [0.4, 0.5) is 0 Å². The van der Waals surface area contributed by atoms with Gasteiger partial charge in [-0.1, -0.05) is 174 Å². The molecule has 0 spiro atoms. The van der Waals surface area contributed by atoms with Gasteiger partial charge in [-0.05, 0) is 109 Å². The highest BCUT2D eigenvalue weighted by Gasteiger charge is 2.43. The number of benzene rings is 4. The Morgan fingerprint density at radius 2 is 0.787 bits per heavy atom. The fourth-order valence-electron chi connectivity index (χ4n) is 12.1. The SMILES string of the molecule is C=CCOC(=O)C1(CCC(=O)CCCCCCCC(=O)OCC2c3ccccc3-c3ccccc32)CCCC1.O=C(CCCCCCCC(=O)OCC1c2ccccc2-c2ccccc21)CCC1(C(=O)O)CCCC1. The lowest BCUT2D eigenvalue weighted by atomic mass is 9.80. The second kappa shape index (κ2) is 28.7. The van der Waals surface area contributed by atoms with Gasteiger partial charge in [0.15, 0.2) is 0 Å². The molecule has 10 nitrogen and oxygen atoms in total. The number of carboxylic acids is 1. The first kappa shape index (κ1) is 56.6. The van der Waals surface area contributed by atoms with Crippen LogP contribution in [0.3, 0.4) is 0 Å². The van der Waals surface area contributed by atoms with E-state index in [-0.39, 0.29) is 47.9 Å². The lowest BCUT2D eigenvalue weighted by Crippen LogP contribution is -2.31. The van der Waals surface area contributed by atoms with Crippen LogP contribution in [-0.4, -0.2) is 60.4 Å². The molecular formula is C65H80O10. The second-order valence-corrected chi connectivity index (χ2v) is 21.6. The Morgan fingerprint density at radius 3 is 1.16 bits per heavy atom. The summed E-state index contributed by atoms with van der Waals surface area (Å²) < 4.78 is 16.7. The smallest absolute Gasteiger partial charge is 0.312 e. The minimum atomic E-state index is -0.732. The first-order valence-corrected chi connectivity index (χ1v) is 28.3. The van der Waals surface area contributed by atoms with Crippen LogP contribution in [-0.2, 0) is 43.0 Å². The molecule has 2 saturated carbocycles. The number of esters is 3. The van der Waals surface area contributed by atoms with Gasteiger partial charge in [0.1, 0.15) is 31.4 Å². The highest BCUT2D eigenvalue weighted by molar-refractivity contribution is 5.83. The lowest BCUT2D eigenvalue weighted by molar-refractivity contribution is -0.155. The molecule has 2 fully saturated rings. The van der Waals surface area contributed by atoms with Crippen LogP contribution in [0.15, 0.2) is 110 Å². The summed E-state index contributed by atoms with van der Waals surface area (Å²) in [7, 11) is 0. The Balaban J connectivity index is 0.000000219. The van der Waals surface area contributed by atoms with Crippen molar-refractivity contribution in [2.45, 2.75) is 179 Å². The third-order valence-corrected chi connectivity index (χ3v) is 16.5. The van der Waals surface area contributed by atoms with Gasteiger partial charge in [-0.25, -0.2) is 0 Å². The highest BCUT2D eigenvalue weighted by atomic mass is 16.5. The molecule has 0 aliphatic heterocycles. The number of aliphatic carboxylic acids is 1. The zero-order valence-corrected chi connectivity index (χ0v) is 44.3. The summed E-state index contributed by atoms with van der Waals surface area (Å²) in [6.07, 6.45) is 21.6. The van der Waals surface area contributed by atoms with Crippen LogP contribution in [0.5, 0.6) is 0 Å². The molecule has 400 valence electrons. The van der Waals surface area contributed by atoms with Gasteiger partial charge in [0.25, 0.3) is 0 Å². The van der Waals surface area contributed by atoms with Crippen LogP contribution in [0.2, 0.25) is 0 Å². The Labute approximate surface area is 445 Å². The number of hydrogen-bond donors (Lipinski definition) is 1. The van der Waals surface area contributed by atoms with E-state index in [9.17, 15) is 33.9 Å². The molecule has 8 rings (SSSR count). The molecule has 4 aliphatic rings. The first-order chi connectivity index (χ1) is 36.5. The maximum Gasteiger partial charge on any atom is 0.312 e. The first-order valence-electron chi connectivity index (χ1n) is 28.3. The Bertz CT molecular complexity index is 2470. The summed E-state index contributed by atoms with van der Waals surface area (Å²) >= 11 is 0. The minimum absolute atomic E-state index is 0.0953. The summed E-state index contributed by atoms with van der Waals surface area (Å²) in [6, 6.07) is 33.4. The van der Waals surface area contributed by atoms with Crippen molar-refractivity contribution in [3.8, 4) is 22.3 Å². The maximum atomic E-state index is 12.5. The maximum absolute atomic E-state index is 12.5. The second-order valence-electron chi connectivity index (χ2n) is 21.6. The summed E-state index contributed by atoms with van der Waals surface area (Å²) in [5.74, 6) is -0.574.